The third-order valence-corrected chi connectivity index (χ3v) is 6.00. The van der Waals surface area contributed by atoms with Gasteiger partial charge >= 0.3 is 0 Å². The monoisotopic (exact) mass is 306 g/mol. The van der Waals surface area contributed by atoms with Crippen LogP contribution in [-0.4, -0.2) is 36.0 Å². The van der Waals surface area contributed by atoms with Gasteiger partial charge in [0, 0.05) is 24.4 Å². The van der Waals surface area contributed by atoms with Crippen molar-refractivity contribution in [3.05, 3.63) is 12.0 Å². The minimum Gasteiger partial charge on any atom is -0.381 e. The zero-order chi connectivity index (χ0) is 15.3. The van der Waals surface area contributed by atoms with Crippen LogP contribution in [0, 0.1) is 0 Å². The number of hydrogen-bond donors (Lipinski definition) is 1. The molecule has 0 atom stereocenters. The summed E-state index contributed by atoms with van der Waals surface area (Å²) < 4.78 is 20.9. The summed E-state index contributed by atoms with van der Waals surface area (Å²) >= 11 is 0. The number of hydrogen-bond acceptors (Lipinski definition) is 3. The van der Waals surface area contributed by atoms with Crippen LogP contribution < -0.4 is 0 Å². The zero-order valence-corrected chi connectivity index (χ0v) is 14.3. The summed E-state index contributed by atoms with van der Waals surface area (Å²) in [7, 11) is -2.98. The molecule has 1 rings (SSSR count). The average Bonchev–Trinajstić information content (AvgIpc) is 2.47. The van der Waals surface area contributed by atoms with Gasteiger partial charge in [0.2, 0.25) is 0 Å². The summed E-state index contributed by atoms with van der Waals surface area (Å²) in [5.41, 5.74) is 0. The Morgan fingerprint density at radius 2 is 1.80 bits per heavy atom. The second-order valence-corrected chi connectivity index (χ2v) is 8.97. The van der Waals surface area contributed by atoms with E-state index < -0.39 is 9.31 Å². The van der Waals surface area contributed by atoms with Crippen LogP contribution in [0.3, 0.4) is 0 Å². The van der Waals surface area contributed by atoms with Gasteiger partial charge in [0.25, 0.3) is 0 Å². The van der Waals surface area contributed by atoms with E-state index in [1.54, 1.807) is 0 Å². The average molecular weight is 307 g/mol. The van der Waals surface area contributed by atoms with E-state index >= 15 is 0 Å². The van der Waals surface area contributed by atoms with E-state index in [2.05, 4.69) is 19.4 Å². The van der Waals surface area contributed by atoms with Crippen LogP contribution in [0.4, 0.5) is 0 Å². The first-order valence-corrected chi connectivity index (χ1v) is 10.2. The highest BCUT2D eigenvalue weighted by atomic mass is 32.3. The molecule has 0 unspecified atom stereocenters. The third-order valence-electron chi connectivity index (χ3n) is 3.22. The Bertz CT molecular complexity index is 299. The highest BCUT2D eigenvalue weighted by Gasteiger charge is 2.16. The predicted molar refractivity (Wildman–Crippen MR) is 92.8 cm³/mol. The largest absolute Gasteiger partial charge is 0.381 e. The summed E-state index contributed by atoms with van der Waals surface area (Å²) in [5.74, 6) is 4.42. The number of rotatable bonds is 8. The van der Waals surface area contributed by atoms with Gasteiger partial charge in [-0.2, -0.15) is 0 Å². The maximum Gasteiger partial charge on any atom is 0.0704 e. The summed E-state index contributed by atoms with van der Waals surface area (Å²) in [6, 6.07) is 0. The van der Waals surface area contributed by atoms with Crippen LogP contribution in [0.2, 0.25) is 0 Å². The molecule has 0 aromatic heterocycles. The lowest BCUT2D eigenvalue weighted by molar-refractivity contribution is 0.0968. The quantitative estimate of drug-likeness (QED) is 0.501. The lowest BCUT2D eigenvalue weighted by atomic mass is 10.2. The molecule has 3 nitrogen and oxygen atoms in total. The molecule has 0 amide bonds. The highest BCUT2D eigenvalue weighted by Crippen LogP contribution is 2.55. The molecular weight excluding hydrogens is 272 g/mol. The molecule has 1 aliphatic heterocycles. The molecule has 1 heterocycles. The fourth-order valence-corrected chi connectivity index (χ4v) is 3.71. The van der Waals surface area contributed by atoms with Crippen molar-refractivity contribution in [2.75, 3.05) is 25.6 Å². The molecule has 20 heavy (non-hydrogen) atoms. The first-order valence-electron chi connectivity index (χ1n) is 7.85. The standard InChI is InChI=1S/C11H24O2S.C5H10O/c1-5-8-9-10-13-14(4,12,7-3)11-6-2;1-2-4-6-5-3-1/h7,12H,3-6,8-11H2,1-2H3;1-5H2. The van der Waals surface area contributed by atoms with E-state index in [9.17, 15) is 4.55 Å². The van der Waals surface area contributed by atoms with Crippen LogP contribution in [-0.2, 0) is 8.92 Å². The maximum atomic E-state index is 10.2. The Morgan fingerprint density at radius 1 is 1.15 bits per heavy atom. The van der Waals surface area contributed by atoms with E-state index in [-0.39, 0.29) is 0 Å². The van der Waals surface area contributed by atoms with Crippen molar-refractivity contribution in [3.63, 3.8) is 0 Å². The summed E-state index contributed by atoms with van der Waals surface area (Å²) in [6.45, 7) is 10.4. The first-order chi connectivity index (χ1) is 9.46. The molecular formula is C16H34O3S. The van der Waals surface area contributed by atoms with Crippen molar-refractivity contribution < 1.29 is 13.5 Å². The minimum absolute atomic E-state index is 0.585. The van der Waals surface area contributed by atoms with Gasteiger partial charge in [0.15, 0.2) is 0 Å². The second-order valence-electron chi connectivity index (χ2n) is 5.38. The van der Waals surface area contributed by atoms with Gasteiger partial charge in [-0.1, -0.05) is 33.3 Å². The molecule has 0 aromatic rings. The van der Waals surface area contributed by atoms with Gasteiger partial charge in [-0.05, 0) is 38.0 Å². The van der Waals surface area contributed by atoms with Crippen LogP contribution >= 0.6 is 9.31 Å². The van der Waals surface area contributed by atoms with E-state index in [0.717, 1.165) is 38.9 Å². The van der Waals surface area contributed by atoms with Crippen molar-refractivity contribution in [1.82, 2.24) is 0 Å². The molecule has 1 N–H and O–H groups in total. The smallest absolute Gasteiger partial charge is 0.0704 e. The molecule has 0 saturated carbocycles. The van der Waals surface area contributed by atoms with Gasteiger partial charge < -0.3 is 9.29 Å². The third kappa shape index (κ3) is 9.70. The fourth-order valence-electron chi connectivity index (χ4n) is 1.93. The second kappa shape index (κ2) is 10.6. The van der Waals surface area contributed by atoms with Crippen molar-refractivity contribution >= 4 is 15.2 Å². The molecule has 0 spiro atoms. The van der Waals surface area contributed by atoms with Crippen molar-refractivity contribution in [1.29, 1.82) is 0 Å². The van der Waals surface area contributed by atoms with Crippen LogP contribution in [0.15, 0.2) is 12.0 Å². The van der Waals surface area contributed by atoms with E-state index in [1.807, 2.05) is 6.92 Å². The molecule has 4 heteroatoms. The van der Waals surface area contributed by atoms with E-state index in [0.29, 0.717) is 12.4 Å². The molecule has 1 fully saturated rings. The molecule has 0 aromatic carbocycles. The Morgan fingerprint density at radius 3 is 2.15 bits per heavy atom. The van der Waals surface area contributed by atoms with Crippen molar-refractivity contribution in [2.45, 2.75) is 58.8 Å². The Hall–Kier alpha value is -0.160. The Balaban J connectivity index is 0.000000493. The molecule has 0 aliphatic carbocycles. The fraction of sp³-hybridized carbons (Fsp3) is 0.812. The number of ether oxygens (including phenoxy) is 1. The van der Waals surface area contributed by atoms with Crippen LogP contribution in [0.1, 0.15) is 58.8 Å². The predicted octanol–water partition coefficient (Wildman–Crippen LogP) is 5.09. The zero-order valence-electron chi connectivity index (χ0n) is 13.4. The normalized spacial score (nSPS) is 17.4. The van der Waals surface area contributed by atoms with Gasteiger partial charge in [-0.15, -0.1) is 0 Å². The van der Waals surface area contributed by atoms with Gasteiger partial charge in [0.05, 0.1) is 6.61 Å². The molecule has 1 aliphatic rings. The van der Waals surface area contributed by atoms with Crippen LogP contribution in [0.25, 0.3) is 0 Å². The van der Waals surface area contributed by atoms with E-state index in [4.69, 9.17) is 8.92 Å². The van der Waals surface area contributed by atoms with Gasteiger partial charge in [0.1, 0.15) is 0 Å². The SMILES string of the molecule is C1CCOCC1.C=CS(=C)(O)(CCC)OCCCCC. The highest BCUT2D eigenvalue weighted by molar-refractivity contribution is 8.40. The number of unbranched alkanes of at least 4 members (excludes halogenated alkanes) is 2. The van der Waals surface area contributed by atoms with Crippen LogP contribution in [0.5, 0.6) is 0 Å². The summed E-state index contributed by atoms with van der Waals surface area (Å²) in [5, 5.41) is 1.51. The lowest BCUT2D eigenvalue weighted by Gasteiger charge is -2.45. The van der Waals surface area contributed by atoms with Gasteiger partial charge in [-0.3, -0.25) is 4.18 Å². The molecule has 0 bridgehead atoms. The topological polar surface area (TPSA) is 38.7 Å². The lowest BCUT2D eigenvalue weighted by Crippen LogP contribution is -2.13. The molecule has 0 radical (unpaired) electrons. The van der Waals surface area contributed by atoms with Gasteiger partial charge in [-0.25, -0.2) is 9.31 Å². The Labute approximate surface area is 125 Å². The van der Waals surface area contributed by atoms with E-state index in [1.165, 1.54) is 24.7 Å². The molecule has 1 saturated heterocycles. The molecule has 122 valence electrons. The van der Waals surface area contributed by atoms with Crippen molar-refractivity contribution in [3.8, 4) is 0 Å². The first kappa shape index (κ1) is 19.8. The Kier molecular flexibility index (Phi) is 10.5. The maximum absolute atomic E-state index is 10.2. The summed E-state index contributed by atoms with van der Waals surface area (Å²) in [4.78, 5) is 0. The summed E-state index contributed by atoms with van der Waals surface area (Å²) in [6.07, 6.45) is 8.06. The van der Waals surface area contributed by atoms with Crippen molar-refractivity contribution in [2.24, 2.45) is 0 Å². The minimum atomic E-state index is -2.98.